The number of anilines is 1. The minimum Gasteiger partial charge on any atom is -0.353 e. The van der Waals surface area contributed by atoms with Gasteiger partial charge in [0.05, 0.1) is 0 Å². The lowest BCUT2D eigenvalue weighted by atomic mass is 10.2. The first-order valence-corrected chi connectivity index (χ1v) is 9.78. The molecule has 0 radical (unpaired) electrons. The van der Waals surface area contributed by atoms with Crippen molar-refractivity contribution in [3.8, 4) is 11.4 Å². The molecule has 3 heterocycles. The van der Waals surface area contributed by atoms with Gasteiger partial charge in [0.1, 0.15) is 5.82 Å². The van der Waals surface area contributed by atoms with Crippen LogP contribution in [-0.4, -0.2) is 52.1 Å². The van der Waals surface area contributed by atoms with Gasteiger partial charge in [0.2, 0.25) is 5.82 Å². The van der Waals surface area contributed by atoms with E-state index in [0.29, 0.717) is 43.1 Å². The molecule has 30 heavy (non-hydrogen) atoms. The van der Waals surface area contributed by atoms with Crippen molar-refractivity contribution in [1.82, 2.24) is 20.0 Å². The average molecular weight is 482 g/mol. The monoisotopic (exact) mass is 481 g/mol. The molecule has 4 rings (SSSR count). The van der Waals surface area contributed by atoms with Crippen LogP contribution >= 0.6 is 15.9 Å². The van der Waals surface area contributed by atoms with Crippen LogP contribution in [0, 0.1) is 0 Å². The first kappa shape index (κ1) is 20.3. The number of carbonyl (C=O) groups is 1. The molecule has 1 aliphatic heterocycles. The molecule has 1 saturated heterocycles. The fourth-order valence-corrected chi connectivity index (χ4v) is 3.34. The fraction of sp³-hybridized carbons (Fsp3) is 0.263. The summed E-state index contributed by atoms with van der Waals surface area (Å²) >= 11 is 3.35. The molecule has 0 bridgehead atoms. The van der Waals surface area contributed by atoms with Gasteiger partial charge < -0.3 is 14.3 Å². The normalized spacial score (nSPS) is 14.8. The van der Waals surface area contributed by atoms with Gasteiger partial charge in [-0.3, -0.25) is 4.79 Å². The fourth-order valence-electron chi connectivity index (χ4n) is 3.07. The Bertz CT molecular complexity index is 1030. The van der Waals surface area contributed by atoms with Crippen molar-refractivity contribution < 1.29 is 22.5 Å². The number of amides is 1. The van der Waals surface area contributed by atoms with Crippen LogP contribution in [0.4, 0.5) is 19.0 Å². The maximum atomic E-state index is 12.6. The zero-order valence-corrected chi connectivity index (χ0v) is 17.0. The van der Waals surface area contributed by atoms with Gasteiger partial charge in [0.15, 0.2) is 0 Å². The van der Waals surface area contributed by atoms with Gasteiger partial charge in [-0.1, -0.05) is 21.1 Å². The summed E-state index contributed by atoms with van der Waals surface area (Å²) in [5, 5.41) is 3.35. The number of nitrogens with zero attached hydrogens (tertiary/aromatic N) is 5. The van der Waals surface area contributed by atoms with E-state index in [1.54, 1.807) is 29.2 Å². The van der Waals surface area contributed by atoms with E-state index in [4.69, 9.17) is 0 Å². The molecule has 0 unspecified atom stereocenters. The van der Waals surface area contributed by atoms with E-state index in [-0.39, 0.29) is 11.7 Å². The van der Waals surface area contributed by atoms with E-state index >= 15 is 0 Å². The second-order valence-electron chi connectivity index (χ2n) is 6.61. The summed E-state index contributed by atoms with van der Waals surface area (Å²) in [6.07, 6.45) is -3.29. The van der Waals surface area contributed by atoms with Gasteiger partial charge in [-0.05, 0) is 36.4 Å². The standard InChI is InChI=1S/C19H15BrF3N5O2/c20-14-4-1-12(2-5-14)17(29)28-9-7-27(8-10-28)15-6-3-13(11-24-15)16-25-18(30-26-16)19(21,22)23/h1-6,11H,7-10H2. The van der Waals surface area contributed by atoms with Crippen molar-refractivity contribution in [2.75, 3.05) is 31.1 Å². The first-order valence-electron chi connectivity index (χ1n) is 8.98. The predicted octanol–water partition coefficient (Wildman–Crippen LogP) is 3.88. The number of halogens is 4. The summed E-state index contributed by atoms with van der Waals surface area (Å²) in [6.45, 7) is 2.26. The molecule has 1 aliphatic rings. The van der Waals surface area contributed by atoms with Crippen molar-refractivity contribution in [3.63, 3.8) is 0 Å². The number of hydrogen-bond acceptors (Lipinski definition) is 6. The van der Waals surface area contributed by atoms with E-state index in [1.807, 2.05) is 17.0 Å². The smallest absolute Gasteiger partial charge is 0.353 e. The molecule has 0 spiro atoms. The zero-order chi connectivity index (χ0) is 21.3. The Morgan fingerprint density at radius 2 is 1.73 bits per heavy atom. The summed E-state index contributed by atoms with van der Waals surface area (Å²) in [7, 11) is 0. The third-order valence-electron chi connectivity index (χ3n) is 4.66. The number of pyridine rings is 1. The molecule has 2 aromatic heterocycles. The lowest BCUT2D eigenvalue weighted by molar-refractivity contribution is -0.159. The number of carbonyl (C=O) groups excluding carboxylic acids is 1. The summed E-state index contributed by atoms with van der Waals surface area (Å²) in [5.74, 6) is -0.934. The molecule has 0 aliphatic carbocycles. The maximum Gasteiger partial charge on any atom is 0.471 e. The highest BCUT2D eigenvalue weighted by Crippen LogP contribution is 2.29. The summed E-state index contributed by atoms with van der Waals surface area (Å²) in [4.78, 5) is 24.0. The second-order valence-corrected chi connectivity index (χ2v) is 7.53. The lowest BCUT2D eigenvalue weighted by Crippen LogP contribution is -2.49. The highest BCUT2D eigenvalue weighted by molar-refractivity contribution is 9.10. The molecular formula is C19H15BrF3N5O2. The average Bonchev–Trinajstić information content (AvgIpc) is 3.25. The molecule has 3 aromatic rings. The van der Waals surface area contributed by atoms with Crippen LogP contribution in [0.5, 0.6) is 0 Å². The van der Waals surface area contributed by atoms with E-state index in [1.165, 1.54) is 6.20 Å². The van der Waals surface area contributed by atoms with Crippen LogP contribution in [-0.2, 0) is 6.18 Å². The van der Waals surface area contributed by atoms with Crippen LogP contribution in [0.3, 0.4) is 0 Å². The van der Waals surface area contributed by atoms with Crippen molar-refractivity contribution >= 4 is 27.7 Å². The first-order chi connectivity index (χ1) is 14.3. The quantitative estimate of drug-likeness (QED) is 0.565. The number of alkyl halides is 3. The largest absolute Gasteiger partial charge is 0.471 e. The Kier molecular flexibility index (Phi) is 5.46. The molecule has 7 nitrogen and oxygen atoms in total. The number of aromatic nitrogens is 3. The van der Waals surface area contributed by atoms with Gasteiger partial charge in [-0.15, -0.1) is 0 Å². The van der Waals surface area contributed by atoms with Crippen molar-refractivity contribution in [2.45, 2.75) is 6.18 Å². The molecule has 0 N–H and O–H groups in total. The molecule has 0 atom stereocenters. The Labute approximate surface area is 177 Å². The number of benzene rings is 1. The Morgan fingerprint density at radius 1 is 1.03 bits per heavy atom. The maximum absolute atomic E-state index is 12.6. The van der Waals surface area contributed by atoms with Crippen LogP contribution < -0.4 is 4.90 Å². The summed E-state index contributed by atoms with van der Waals surface area (Å²) in [6, 6.07) is 10.5. The minimum absolute atomic E-state index is 0.0250. The van der Waals surface area contributed by atoms with Gasteiger partial charge >= 0.3 is 12.1 Å². The predicted molar refractivity (Wildman–Crippen MR) is 105 cm³/mol. The Balaban J connectivity index is 1.38. The van der Waals surface area contributed by atoms with E-state index in [0.717, 1.165) is 4.47 Å². The highest BCUT2D eigenvalue weighted by atomic mass is 79.9. The number of hydrogen-bond donors (Lipinski definition) is 0. The van der Waals surface area contributed by atoms with E-state index in [9.17, 15) is 18.0 Å². The number of piperazine rings is 1. The molecule has 1 aromatic carbocycles. The van der Waals surface area contributed by atoms with E-state index in [2.05, 4.69) is 35.6 Å². The van der Waals surface area contributed by atoms with Crippen LogP contribution in [0.25, 0.3) is 11.4 Å². The van der Waals surface area contributed by atoms with Crippen molar-refractivity contribution in [2.24, 2.45) is 0 Å². The van der Waals surface area contributed by atoms with Gasteiger partial charge in [-0.2, -0.15) is 18.2 Å². The van der Waals surface area contributed by atoms with Gasteiger partial charge in [0.25, 0.3) is 5.91 Å². The van der Waals surface area contributed by atoms with Crippen LogP contribution in [0.15, 0.2) is 51.6 Å². The lowest BCUT2D eigenvalue weighted by Gasteiger charge is -2.35. The topological polar surface area (TPSA) is 75.4 Å². The summed E-state index contributed by atoms with van der Waals surface area (Å²) in [5.41, 5.74) is 0.953. The Morgan fingerprint density at radius 3 is 2.30 bits per heavy atom. The van der Waals surface area contributed by atoms with E-state index < -0.39 is 12.1 Å². The highest BCUT2D eigenvalue weighted by Gasteiger charge is 2.38. The van der Waals surface area contributed by atoms with Crippen molar-refractivity contribution in [1.29, 1.82) is 0 Å². The number of rotatable bonds is 3. The van der Waals surface area contributed by atoms with Crippen LogP contribution in [0.1, 0.15) is 16.2 Å². The minimum atomic E-state index is -4.69. The molecule has 1 fully saturated rings. The molecule has 1 amide bonds. The van der Waals surface area contributed by atoms with Crippen molar-refractivity contribution in [3.05, 3.63) is 58.5 Å². The van der Waals surface area contributed by atoms with Crippen LogP contribution in [0.2, 0.25) is 0 Å². The second kappa shape index (κ2) is 8.05. The Hall–Kier alpha value is -2.95. The molecule has 0 saturated carbocycles. The summed E-state index contributed by atoms with van der Waals surface area (Å²) < 4.78 is 42.9. The molecule has 156 valence electrons. The zero-order valence-electron chi connectivity index (χ0n) is 15.4. The van der Waals surface area contributed by atoms with Gasteiger partial charge in [0, 0.05) is 48.0 Å². The third kappa shape index (κ3) is 4.30. The molecule has 11 heteroatoms. The molecular weight excluding hydrogens is 467 g/mol. The third-order valence-corrected chi connectivity index (χ3v) is 5.19. The van der Waals surface area contributed by atoms with Gasteiger partial charge in [-0.25, -0.2) is 4.98 Å². The SMILES string of the molecule is O=C(c1ccc(Br)cc1)N1CCN(c2ccc(-c3noc(C(F)(F)F)n3)cn2)CC1.